The average molecular weight is 270 g/mol. The first-order valence-electron chi connectivity index (χ1n) is 5.90. The first-order chi connectivity index (χ1) is 8.63. The standard InChI is InChI=1S/C12H18N2O3S/c1-2-4-9(15)7-13-11(16)8-14-12(17)10-5-3-6-18-10/h3,5-6,9,15H,2,4,7-8H2,1H3,(H,13,16)(H,14,17). The van der Waals surface area contributed by atoms with Crippen LogP contribution in [0.1, 0.15) is 29.4 Å². The first-order valence-corrected chi connectivity index (χ1v) is 6.78. The zero-order chi connectivity index (χ0) is 13.4. The third kappa shape index (κ3) is 5.29. The Balaban J connectivity index is 2.19. The number of amides is 2. The highest BCUT2D eigenvalue weighted by Crippen LogP contribution is 2.07. The van der Waals surface area contributed by atoms with Crippen LogP contribution in [0, 0.1) is 0 Å². The van der Waals surface area contributed by atoms with Crippen LogP contribution in [-0.2, 0) is 4.79 Å². The molecule has 0 aliphatic heterocycles. The van der Waals surface area contributed by atoms with Crippen LogP contribution in [0.5, 0.6) is 0 Å². The maximum Gasteiger partial charge on any atom is 0.261 e. The summed E-state index contributed by atoms with van der Waals surface area (Å²) in [4.78, 5) is 23.5. The molecule has 0 saturated heterocycles. The summed E-state index contributed by atoms with van der Waals surface area (Å²) < 4.78 is 0. The molecule has 0 saturated carbocycles. The minimum absolute atomic E-state index is 0.0738. The van der Waals surface area contributed by atoms with Gasteiger partial charge in [-0.05, 0) is 17.9 Å². The van der Waals surface area contributed by atoms with Gasteiger partial charge < -0.3 is 15.7 Å². The van der Waals surface area contributed by atoms with Crippen LogP contribution in [0.3, 0.4) is 0 Å². The number of hydrogen-bond donors (Lipinski definition) is 3. The molecule has 0 aliphatic carbocycles. The lowest BCUT2D eigenvalue weighted by Crippen LogP contribution is -2.39. The minimum atomic E-state index is -0.521. The summed E-state index contributed by atoms with van der Waals surface area (Å²) in [5.74, 6) is -0.552. The van der Waals surface area contributed by atoms with Gasteiger partial charge in [0, 0.05) is 6.54 Å². The molecule has 0 spiro atoms. The Kier molecular flexibility index (Phi) is 6.38. The van der Waals surface area contributed by atoms with Crippen LogP contribution in [0.2, 0.25) is 0 Å². The summed E-state index contributed by atoms with van der Waals surface area (Å²) in [6.45, 7) is 2.11. The van der Waals surface area contributed by atoms with E-state index in [0.29, 0.717) is 11.3 Å². The van der Waals surface area contributed by atoms with E-state index in [1.807, 2.05) is 6.92 Å². The molecule has 1 atom stereocenters. The molecular weight excluding hydrogens is 252 g/mol. The second-order valence-corrected chi connectivity index (χ2v) is 4.85. The van der Waals surface area contributed by atoms with E-state index in [1.54, 1.807) is 17.5 Å². The summed E-state index contributed by atoms with van der Waals surface area (Å²) in [5, 5.41) is 16.3. The Morgan fingerprint density at radius 3 is 2.83 bits per heavy atom. The van der Waals surface area contributed by atoms with Gasteiger partial charge in [0.15, 0.2) is 0 Å². The second-order valence-electron chi connectivity index (χ2n) is 3.91. The summed E-state index contributed by atoms with van der Waals surface area (Å²) >= 11 is 1.32. The van der Waals surface area contributed by atoms with Crippen molar-refractivity contribution in [1.82, 2.24) is 10.6 Å². The number of thiophene rings is 1. The van der Waals surface area contributed by atoms with Crippen LogP contribution in [-0.4, -0.2) is 36.1 Å². The highest BCUT2D eigenvalue weighted by Gasteiger charge is 2.09. The van der Waals surface area contributed by atoms with Gasteiger partial charge in [-0.3, -0.25) is 9.59 Å². The van der Waals surface area contributed by atoms with E-state index >= 15 is 0 Å². The molecule has 0 aliphatic rings. The SMILES string of the molecule is CCCC(O)CNC(=O)CNC(=O)c1cccs1. The van der Waals surface area contributed by atoms with Crippen LogP contribution in [0.25, 0.3) is 0 Å². The highest BCUT2D eigenvalue weighted by atomic mass is 32.1. The lowest BCUT2D eigenvalue weighted by atomic mass is 10.2. The fourth-order valence-corrected chi connectivity index (χ4v) is 2.02. The first kappa shape index (κ1) is 14.7. The molecule has 1 aromatic heterocycles. The van der Waals surface area contributed by atoms with Crippen LogP contribution >= 0.6 is 11.3 Å². The van der Waals surface area contributed by atoms with E-state index in [1.165, 1.54) is 11.3 Å². The van der Waals surface area contributed by atoms with Crippen molar-refractivity contribution in [2.45, 2.75) is 25.9 Å². The molecule has 100 valence electrons. The van der Waals surface area contributed by atoms with Gasteiger partial charge in [0.1, 0.15) is 0 Å². The Labute approximate surface area is 110 Å². The maximum atomic E-state index is 11.5. The molecular formula is C12H18N2O3S. The van der Waals surface area contributed by atoms with Crippen molar-refractivity contribution < 1.29 is 14.7 Å². The molecule has 3 N–H and O–H groups in total. The molecule has 0 radical (unpaired) electrons. The molecule has 6 heteroatoms. The molecule has 0 bridgehead atoms. The fraction of sp³-hybridized carbons (Fsp3) is 0.500. The Hall–Kier alpha value is -1.40. The van der Waals surface area contributed by atoms with Crippen molar-refractivity contribution in [2.75, 3.05) is 13.1 Å². The van der Waals surface area contributed by atoms with Crippen molar-refractivity contribution >= 4 is 23.2 Å². The predicted octanol–water partition coefficient (Wildman–Crippen LogP) is 0.755. The van der Waals surface area contributed by atoms with E-state index in [9.17, 15) is 14.7 Å². The Morgan fingerprint density at radius 1 is 1.44 bits per heavy atom. The van der Waals surface area contributed by atoms with Gasteiger partial charge in [0.25, 0.3) is 5.91 Å². The Bertz CT molecular complexity index is 379. The Morgan fingerprint density at radius 2 is 2.22 bits per heavy atom. The molecule has 1 rings (SSSR count). The van der Waals surface area contributed by atoms with Gasteiger partial charge in [-0.1, -0.05) is 19.4 Å². The number of aliphatic hydroxyl groups excluding tert-OH is 1. The fourth-order valence-electron chi connectivity index (χ4n) is 1.38. The topological polar surface area (TPSA) is 78.4 Å². The van der Waals surface area contributed by atoms with Gasteiger partial charge in [0.2, 0.25) is 5.91 Å². The summed E-state index contributed by atoms with van der Waals surface area (Å²) in [6, 6.07) is 3.48. The third-order valence-corrected chi connectivity index (χ3v) is 3.18. The van der Waals surface area contributed by atoms with Crippen molar-refractivity contribution in [2.24, 2.45) is 0 Å². The summed E-state index contributed by atoms with van der Waals surface area (Å²) in [5.41, 5.74) is 0. The zero-order valence-electron chi connectivity index (χ0n) is 10.3. The monoisotopic (exact) mass is 270 g/mol. The molecule has 1 heterocycles. The quantitative estimate of drug-likeness (QED) is 0.684. The molecule has 1 aromatic rings. The van der Waals surface area contributed by atoms with Gasteiger partial charge in [-0.2, -0.15) is 0 Å². The molecule has 18 heavy (non-hydrogen) atoms. The molecule has 2 amide bonds. The number of aliphatic hydroxyl groups is 1. The zero-order valence-corrected chi connectivity index (χ0v) is 11.1. The van der Waals surface area contributed by atoms with Crippen molar-refractivity contribution in [1.29, 1.82) is 0 Å². The van der Waals surface area contributed by atoms with E-state index in [4.69, 9.17) is 0 Å². The van der Waals surface area contributed by atoms with Gasteiger partial charge >= 0.3 is 0 Å². The van der Waals surface area contributed by atoms with E-state index in [-0.39, 0.29) is 24.9 Å². The third-order valence-electron chi connectivity index (χ3n) is 2.31. The van der Waals surface area contributed by atoms with Crippen molar-refractivity contribution in [3.63, 3.8) is 0 Å². The number of nitrogens with one attached hydrogen (secondary N) is 2. The predicted molar refractivity (Wildman–Crippen MR) is 70.6 cm³/mol. The van der Waals surface area contributed by atoms with Gasteiger partial charge in [-0.25, -0.2) is 0 Å². The van der Waals surface area contributed by atoms with Crippen LogP contribution in [0.15, 0.2) is 17.5 Å². The second kappa shape index (κ2) is 7.84. The maximum absolute atomic E-state index is 11.5. The van der Waals surface area contributed by atoms with Gasteiger partial charge in [0.05, 0.1) is 17.5 Å². The number of hydrogen-bond acceptors (Lipinski definition) is 4. The lowest BCUT2D eigenvalue weighted by molar-refractivity contribution is -0.120. The highest BCUT2D eigenvalue weighted by molar-refractivity contribution is 7.12. The summed E-state index contributed by atoms with van der Waals surface area (Å²) in [7, 11) is 0. The summed E-state index contributed by atoms with van der Waals surface area (Å²) in [6.07, 6.45) is 1.00. The largest absolute Gasteiger partial charge is 0.391 e. The molecule has 1 unspecified atom stereocenters. The van der Waals surface area contributed by atoms with Gasteiger partial charge in [-0.15, -0.1) is 11.3 Å². The smallest absolute Gasteiger partial charge is 0.261 e. The average Bonchev–Trinajstić information content (AvgIpc) is 2.87. The van der Waals surface area contributed by atoms with Crippen LogP contribution in [0.4, 0.5) is 0 Å². The van der Waals surface area contributed by atoms with Crippen LogP contribution < -0.4 is 10.6 Å². The number of carbonyl (C=O) groups is 2. The van der Waals surface area contributed by atoms with E-state index < -0.39 is 6.10 Å². The van der Waals surface area contributed by atoms with Crippen molar-refractivity contribution in [3.8, 4) is 0 Å². The number of carbonyl (C=O) groups excluding carboxylic acids is 2. The molecule has 0 fully saturated rings. The van der Waals surface area contributed by atoms with E-state index in [2.05, 4.69) is 10.6 Å². The van der Waals surface area contributed by atoms with Crippen molar-refractivity contribution in [3.05, 3.63) is 22.4 Å². The molecule has 5 nitrogen and oxygen atoms in total. The minimum Gasteiger partial charge on any atom is -0.391 e. The lowest BCUT2D eigenvalue weighted by Gasteiger charge is -2.10. The number of rotatable bonds is 7. The molecule has 0 aromatic carbocycles. The van der Waals surface area contributed by atoms with E-state index in [0.717, 1.165) is 6.42 Å². The normalized spacial score (nSPS) is 11.9.